The first kappa shape index (κ1) is 12.7. The van der Waals surface area contributed by atoms with Gasteiger partial charge in [0.25, 0.3) is 0 Å². The predicted octanol–water partition coefficient (Wildman–Crippen LogP) is 3.02. The molecule has 1 fully saturated rings. The van der Waals surface area contributed by atoms with E-state index >= 15 is 0 Å². The van der Waals surface area contributed by atoms with Gasteiger partial charge in [-0.15, -0.1) is 0 Å². The molecule has 0 amide bonds. The molecule has 2 rings (SSSR count). The van der Waals surface area contributed by atoms with Crippen molar-refractivity contribution in [2.45, 2.75) is 32.8 Å². The first-order valence-corrected chi connectivity index (χ1v) is 6.25. The van der Waals surface area contributed by atoms with Crippen LogP contribution in [-0.4, -0.2) is 11.6 Å². The third-order valence-electron chi connectivity index (χ3n) is 2.68. The highest BCUT2D eigenvalue weighted by Gasteiger charge is 2.44. The molecular weight excluding hydrogens is 224 g/mol. The fourth-order valence-corrected chi connectivity index (χ4v) is 1.69. The molecular formula is C16H18O2. The Balaban J connectivity index is 1.89. The summed E-state index contributed by atoms with van der Waals surface area (Å²) in [5, 5.41) is 0. The summed E-state index contributed by atoms with van der Waals surface area (Å²) in [4.78, 5) is 11.8. The summed E-state index contributed by atoms with van der Waals surface area (Å²) in [6, 6.07) is 9.83. The average Bonchev–Trinajstić information content (AvgIpc) is 3.05. The Bertz CT molecular complexity index is 485. The second-order valence-electron chi connectivity index (χ2n) is 5.62. The molecule has 0 bridgehead atoms. The minimum absolute atomic E-state index is 0.0274. The molecule has 1 aliphatic carbocycles. The first-order valence-electron chi connectivity index (χ1n) is 6.25. The number of benzene rings is 1. The Labute approximate surface area is 108 Å². The maximum absolute atomic E-state index is 11.8. The number of hydrogen-bond acceptors (Lipinski definition) is 2. The normalized spacial score (nSPS) is 21.7. The lowest BCUT2D eigenvalue weighted by Gasteiger charge is -2.19. The summed E-state index contributed by atoms with van der Waals surface area (Å²) in [5.41, 5.74) is 0.587. The molecule has 1 aromatic carbocycles. The van der Waals surface area contributed by atoms with Crippen LogP contribution in [0.3, 0.4) is 0 Å². The van der Waals surface area contributed by atoms with Crippen LogP contribution in [-0.2, 0) is 9.53 Å². The van der Waals surface area contributed by atoms with E-state index in [0.717, 1.165) is 12.0 Å². The molecule has 1 aromatic rings. The first-order chi connectivity index (χ1) is 8.46. The van der Waals surface area contributed by atoms with E-state index in [1.54, 1.807) is 0 Å². The molecule has 0 aromatic heterocycles. The lowest BCUT2D eigenvalue weighted by molar-refractivity contribution is -0.156. The fraction of sp³-hybridized carbons (Fsp3) is 0.438. The van der Waals surface area contributed by atoms with Crippen LogP contribution in [0, 0.1) is 23.7 Å². The van der Waals surface area contributed by atoms with E-state index in [1.807, 2.05) is 51.1 Å². The molecule has 0 N–H and O–H groups in total. The Kier molecular flexibility index (Phi) is 3.43. The molecule has 0 aliphatic heterocycles. The average molecular weight is 242 g/mol. The van der Waals surface area contributed by atoms with E-state index in [-0.39, 0.29) is 17.8 Å². The van der Waals surface area contributed by atoms with Gasteiger partial charge < -0.3 is 4.74 Å². The molecule has 2 atom stereocenters. The zero-order chi connectivity index (χ0) is 13.2. The smallest absolute Gasteiger partial charge is 0.310 e. The molecule has 0 saturated heterocycles. The summed E-state index contributed by atoms with van der Waals surface area (Å²) in [7, 11) is 0. The topological polar surface area (TPSA) is 26.3 Å². The third-order valence-corrected chi connectivity index (χ3v) is 2.68. The van der Waals surface area contributed by atoms with E-state index < -0.39 is 5.60 Å². The number of carbonyl (C=O) groups is 1. The summed E-state index contributed by atoms with van der Waals surface area (Å²) < 4.78 is 5.34. The lowest BCUT2D eigenvalue weighted by Crippen LogP contribution is -2.25. The SMILES string of the molecule is CC(C)(C)OC(=O)[C@@H]1C[C@@H]1C#Cc1ccccc1. The van der Waals surface area contributed by atoms with Gasteiger partial charge in [-0.05, 0) is 39.3 Å². The maximum atomic E-state index is 11.8. The Morgan fingerprint density at radius 2 is 1.94 bits per heavy atom. The second-order valence-corrected chi connectivity index (χ2v) is 5.62. The zero-order valence-electron chi connectivity index (χ0n) is 11.1. The van der Waals surface area contributed by atoms with Crippen molar-refractivity contribution in [1.29, 1.82) is 0 Å². The Morgan fingerprint density at radius 3 is 2.56 bits per heavy atom. The third kappa shape index (κ3) is 3.63. The van der Waals surface area contributed by atoms with Crippen molar-refractivity contribution in [3.05, 3.63) is 35.9 Å². The largest absolute Gasteiger partial charge is 0.460 e. The van der Waals surface area contributed by atoms with Crippen molar-refractivity contribution in [3.8, 4) is 11.8 Å². The van der Waals surface area contributed by atoms with E-state index in [4.69, 9.17) is 4.74 Å². The number of esters is 1. The van der Waals surface area contributed by atoms with Crippen molar-refractivity contribution < 1.29 is 9.53 Å². The minimum Gasteiger partial charge on any atom is -0.460 e. The highest BCUT2D eigenvalue weighted by atomic mass is 16.6. The minimum atomic E-state index is -0.406. The van der Waals surface area contributed by atoms with Crippen LogP contribution in [0.5, 0.6) is 0 Å². The standard InChI is InChI=1S/C16H18O2/c1-16(2,3)18-15(17)14-11-13(14)10-9-12-7-5-4-6-8-12/h4-8,13-14H,11H2,1-3H3/t13-,14+/m0/s1. The van der Waals surface area contributed by atoms with Crippen molar-refractivity contribution in [2.24, 2.45) is 11.8 Å². The molecule has 2 nitrogen and oxygen atoms in total. The van der Waals surface area contributed by atoms with Gasteiger partial charge in [-0.25, -0.2) is 0 Å². The van der Waals surface area contributed by atoms with E-state index in [2.05, 4.69) is 11.8 Å². The van der Waals surface area contributed by atoms with Crippen LogP contribution in [0.4, 0.5) is 0 Å². The number of rotatable bonds is 1. The van der Waals surface area contributed by atoms with Crippen molar-refractivity contribution in [3.63, 3.8) is 0 Å². The Morgan fingerprint density at radius 1 is 1.28 bits per heavy atom. The van der Waals surface area contributed by atoms with Gasteiger partial charge in [0, 0.05) is 11.5 Å². The monoisotopic (exact) mass is 242 g/mol. The van der Waals surface area contributed by atoms with Gasteiger partial charge >= 0.3 is 5.97 Å². The van der Waals surface area contributed by atoms with Gasteiger partial charge in [0.15, 0.2) is 0 Å². The number of ether oxygens (including phenoxy) is 1. The number of hydrogen-bond donors (Lipinski definition) is 0. The molecule has 1 saturated carbocycles. The van der Waals surface area contributed by atoms with Gasteiger partial charge in [0.2, 0.25) is 0 Å². The van der Waals surface area contributed by atoms with Crippen LogP contribution in [0.2, 0.25) is 0 Å². The molecule has 94 valence electrons. The van der Waals surface area contributed by atoms with Gasteiger partial charge in [-0.1, -0.05) is 30.0 Å². The van der Waals surface area contributed by atoms with E-state index in [0.29, 0.717) is 0 Å². The lowest BCUT2D eigenvalue weighted by atomic mass is 10.2. The van der Waals surface area contributed by atoms with E-state index in [9.17, 15) is 4.79 Å². The molecule has 18 heavy (non-hydrogen) atoms. The molecule has 2 heteroatoms. The van der Waals surface area contributed by atoms with Gasteiger partial charge in [-0.3, -0.25) is 4.79 Å². The van der Waals surface area contributed by atoms with Crippen LogP contribution in [0.25, 0.3) is 0 Å². The number of carbonyl (C=O) groups excluding carboxylic acids is 1. The van der Waals surface area contributed by atoms with Crippen LogP contribution in [0.15, 0.2) is 30.3 Å². The van der Waals surface area contributed by atoms with Crippen molar-refractivity contribution in [1.82, 2.24) is 0 Å². The van der Waals surface area contributed by atoms with Crippen LogP contribution >= 0.6 is 0 Å². The quantitative estimate of drug-likeness (QED) is 0.559. The summed E-state index contributed by atoms with van der Waals surface area (Å²) >= 11 is 0. The summed E-state index contributed by atoms with van der Waals surface area (Å²) in [5.74, 6) is 6.26. The van der Waals surface area contributed by atoms with Crippen molar-refractivity contribution >= 4 is 5.97 Å². The molecule has 0 heterocycles. The highest BCUT2D eigenvalue weighted by molar-refractivity contribution is 5.77. The second kappa shape index (κ2) is 4.86. The van der Waals surface area contributed by atoms with Crippen LogP contribution in [0.1, 0.15) is 32.8 Å². The molecule has 0 unspecified atom stereocenters. The zero-order valence-corrected chi connectivity index (χ0v) is 11.1. The molecule has 0 spiro atoms. The van der Waals surface area contributed by atoms with Crippen molar-refractivity contribution in [2.75, 3.05) is 0 Å². The summed E-state index contributed by atoms with van der Waals surface area (Å²) in [6.45, 7) is 5.66. The molecule has 1 aliphatic rings. The fourth-order valence-electron chi connectivity index (χ4n) is 1.69. The van der Waals surface area contributed by atoms with E-state index in [1.165, 1.54) is 0 Å². The summed E-state index contributed by atoms with van der Waals surface area (Å²) in [6.07, 6.45) is 0.828. The van der Waals surface area contributed by atoms with Gasteiger partial charge in [-0.2, -0.15) is 0 Å². The molecule has 0 radical (unpaired) electrons. The maximum Gasteiger partial charge on any atom is 0.310 e. The Hall–Kier alpha value is -1.75. The van der Waals surface area contributed by atoms with Crippen LogP contribution < -0.4 is 0 Å². The van der Waals surface area contributed by atoms with Gasteiger partial charge in [0.05, 0.1) is 5.92 Å². The predicted molar refractivity (Wildman–Crippen MR) is 70.8 cm³/mol. The highest BCUT2D eigenvalue weighted by Crippen LogP contribution is 2.39. The van der Waals surface area contributed by atoms with Gasteiger partial charge in [0.1, 0.15) is 5.60 Å².